The first kappa shape index (κ1) is 11.1. The summed E-state index contributed by atoms with van der Waals surface area (Å²) in [6.45, 7) is 6.65. The fraction of sp³-hybridized carbons (Fsp3) is 0.909. The monoisotopic (exact) mass is 236 g/mol. The molecule has 6 heteroatoms. The Morgan fingerprint density at radius 3 is 3.00 bits per heavy atom. The second-order valence-corrected chi connectivity index (χ2v) is 5.18. The zero-order valence-electron chi connectivity index (χ0n) is 10.5. The van der Waals surface area contributed by atoms with Crippen molar-refractivity contribution < 1.29 is 0 Å². The van der Waals surface area contributed by atoms with Gasteiger partial charge in [-0.1, -0.05) is 6.92 Å². The Morgan fingerprint density at radius 1 is 1.41 bits per heavy atom. The van der Waals surface area contributed by atoms with Crippen molar-refractivity contribution in [2.45, 2.75) is 25.9 Å². The van der Waals surface area contributed by atoms with E-state index >= 15 is 0 Å². The van der Waals surface area contributed by atoms with Crippen LogP contribution in [-0.2, 0) is 13.6 Å². The highest BCUT2D eigenvalue weighted by atomic mass is 15.6. The molecule has 3 heterocycles. The molecule has 0 spiro atoms. The summed E-state index contributed by atoms with van der Waals surface area (Å²) >= 11 is 0. The third-order valence-corrected chi connectivity index (χ3v) is 4.14. The second kappa shape index (κ2) is 4.34. The van der Waals surface area contributed by atoms with Gasteiger partial charge in [0.2, 0.25) is 0 Å². The first-order chi connectivity index (χ1) is 8.28. The van der Waals surface area contributed by atoms with Gasteiger partial charge in [-0.05, 0) is 36.6 Å². The molecule has 6 nitrogen and oxygen atoms in total. The van der Waals surface area contributed by atoms with Gasteiger partial charge in [0.05, 0.1) is 13.6 Å². The summed E-state index contributed by atoms with van der Waals surface area (Å²) in [4.78, 5) is 4.07. The maximum Gasteiger partial charge on any atom is 0.188 e. The van der Waals surface area contributed by atoms with E-state index < -0.39 is 0 Å². The van der Waals surface area contributed by atoms with E-state index in [0.29, 0.717) is 6.04 Å². The van der Waals surface area contributed by atoms with Crippen LogP contribution in [0.1, 0.15) is 19.2 Å². The minimum atomic E-state index is 0.679. The molecule has 0 aliphatic carbocycles. The van der Waals surface area contributed by atoms with Gasteiger partial charge in [0.15, 0.2) is 5.82 Å². The number of nitrogens with zero attached hydrogens (tertiary/aromatic N) is 5. The van der Waals surface area contributed by atoms with E-state index in [1.165, 1.54) is 30.9 Å². The Kier molecular flexibility index (Phi) is 2.84. The van der Waals surface area contributed by atoms with Gasteiger partial charge < -0.3 is 5.32 Å². The Labute approximate surface area is 101 Å². The van der Waals surface area contributed by atoms with E-state index in [1.807, 2.05) is 7.05 Å². The van der Waals surface area contributed by atoms with Gasteiger partial charge in [-0.15, -0.1) is 10.2 Å². The average Bonchev–Trinajstić information content (AvgIpc) is 2.95. The van der Waals surface area contributed by atoms with Crippen molar-refractivity contribution in [3.63, 3.8) is 0 Å². The summed E-state index contributed by atoms with van der Waals surface area (Å²) in [7, 11) is 1.82. The first-order valence-electron chi connectivity index (χ1n) is 6.45. The lowest BCUT2D eigenvalue weighted by Gasteiger charge is -2.25. The van der Waals surface area contributed by atoms with Crippen LogP contribution in [0, 0.1) is 11.8 Å². The van der Waals surface area contributed by atoms with E-state index in [2.05, 4.69) is 32.6 Å². The van der Waals surface area contributed by atoms with Crippen molar-refractivity contribution >= 4 is 0 Å². The minimum absolute atomic E-state index is 0.679. The lowest BCUT2D eigenvalue weighted by atomic mass is 9.93. The fourth-order valence-electron chi connectivity index (χ4n) is 3.42. The zero-order chi connectivity index (χ0) is 11.8. The number of rotatable bonds is 3. The Bertz CT molecular complexity index is 389. The second-order valence-electron chi connectivity index (χ2n) is 5.18. The summed E-state index contributed by atoms with van der Waals surface area (Å²) < 4.78 is 0. The molecule has 2 aliphatic heterocycles. The smallest absolute Gasteiger partial charge is 0.188 e. The maximum atomic E-state index is 4.27. The fourth-order valence-corrected chi connectivity index (χ4v) is 3.42. The highest BCUT2D eigenvalue weighted by Crippen LogP contribution is 2.34. The van der Waals surface area contributed by atoms with Crippen molar-refractivity contribution in [1.29, 1.82) is 0 Å². The van der Waals surface area contributed by atoms with E-state index in [0.717, 1.165) is 24.2 Å². The summed E-state index contributed by atoms with van der Waals surface area (Å²) in [5.41, 5.74) is 0. The molecular weight excluding hydrogens is 216 g/mol. The minimum Gasteiger partial charge on any atom is -0.316 e. The standard InChI is InChI=1S/C11H20N6/c1-3-10-9-5-12-4-8(9)6-17(10)7-11-13-15-16(2)14-11/h8-10,12H,3-7H2,1-2H3. The predicted molar refractivity (Wildman–Crippen MR) is 63.1 cm³/mol. The SMILES string of the molecule is CCC1C2CNCC2CN1Cc1nnn(C)n1. The number of aryl methyl sites for hydroxylation is 1. The van der Waals surface area contributed by atoms with Crippen molar-refractivity contribution in [3.05, 3.63) is 5.82 Å². The van der Waals surface area contributed by atoms with Gasteiger partial charge in [-0.3, -0.25) is 4.90 Å². The number of likely N-dealkylation sites (tertiary alicyclic amines) is 1. The molecule has 94 valence electrons. The van der Waals surface area contributed by atoms with Crippen LogP contribution in [0.15, 0.2) is 0 Å². The molecule has 1 aromatic heterocycles. The van der Waals surface area contributed by atoms with E-state index in [9.17, 15) is 0 Å². The quantitative estimate of drug-likeness (QED) is 0.776. The van der Waals surface area contributed by atoms with Crippen molar-refractivity contribution in [2.24, 2.45) is 18.9 Å². The Hall–Kier alpha value is -1.01. The molecule has 2 saturated heterocycles. The molecular formula is C11H20N6. The van der Waals surface area contributed by atoms with E-state index in [-0.39, 0.29) is 0 Å². The highest BCUT2D eigenvalue weighted by Gasteiger charge is 2.43. The Balaban J connectivity index is 1.71. The molecule has 3 unspecified atom stereocenters. The summed E-state index contributed by atoms with van der Waals surface area (Å²) in [5.74, 6) is 2.48. The third kappa shape index (κ3) is 1.95. The average molecular weight is 236 g/mol. The van der Waals surface area contributed by atoms with Crippen LogP contribution in [0.5, 0.6) is 0 Å². The van der Waals surface area contributed by atoms with E-state index in [1.54, 1.807) is 0 Å². The number of hydrogen-bond donors (Lipinski definition) is 1. The van der Waals surface area contributed by atoms with Gasteiger partial charge in [0.25, 0.3) is 0 Å². The highest BCUT2D eigenvalue weighted by molar-refractivity contribution is 4.99. The predicted octanol–water partition coefficient (Wildman–Crippen LogP) is -0.360. The largest absolute Gasteiger partial charge is 0.316 e. The van der Waals surface area contributed by atoms with Gasteiger partial charge in [-0.2, -0.15) is 4.80 Å². The van der Waals surface area contributed by atoms with Crippen LogP contribution in [-0.4, -0.2) is 50.8 Å². The van der Waals surface area contributed by atoms with E-state index in [4.69, 9.17) is 0 Å². The number of hydrogen-bond acceptors (Lipinski definition) is 5. The van der Waals surface area contributed by atoms with Crippen LogP contribution in [0.3, 0.4) is 0 Å². The first-order valence-corrected chi connectivity index (χ1v) is 6.45. The van der Waals surface area contributed by atoms with Gasteiger partial charge in [0, 0.05) is 12.6 Å². The van der Waals surface area contributed by atoms with Crippen LogP contribution in [0.4, 0.5) is 0 Å². The maximum absolute atomic E-state index is 4.27. The molecule has 17 heavy (non-hydrogen) atoms. The van der Waals surface area contributed by atoms with Crippen LogP contribution in [0.25, 0.3) is 0 Å². The van der Waals surface area contributed by atoms with Gasteiger partial charge >= 0.3 is 0 Å². The number of fused-ring (bicyclic) bond motifs is 1. The molecule has 3 atom stereocenters. The lowest BCUT2D eigenvalue weighted by molar-refractivity contribution is 0.205. The Morgan fingerprint density at radius 2 is 2.29 bits per heavy atom. The van der Waals surface area contributed by atoms with Crippen molar-refractivity contribution in [3.8, 4) is 0 Å². The topological polar surface area (TPSA) is 58.9 Å². The molecule has 1 N–H and O–H groups in total. The molecule has 1 aromatic rings. The number of aromatic nitrogens is 4. The molecule has 2 aliphatic rings. The molecule has 2 fully saturated rings. The molecule has 0 bridgehead atoms. The van der Waals surface area contributed by atoms with Crippen LogP contribution < -0.4 is 5.32 Å². The summed E-state index contributed by atoms with van der Waals surface area (Å²) in [5, 5.41) is 15.8. The number of nitrogens with one attached hydrogen (secondary N) is 1. The van der Waals surface area contributed by atoms with Crippen LogP contribution in [0.2, 0.25) is 0 Å². The molecule has 3 rings (SSSR count). The molecule has 0 amide bonds. The van der Waals surface area contributed by atoms with Crippen LogP contribution >= 0.6 is 0 Å². The molecule has 0 aromatic carbocycles. The van der Waals surface area contributed by atoms with Crippen molar-refractivity contribution in [1.82, 2.24) is 30.4 Å². The van der Waals surface area contributed by atoms with Crippen molar-refractivity contribution in [2.75, 3.05) is 19.6 Å². The zero-order valence-corrected chi connectivity index (χ0v) is 10.5. The molecule has 0 saturated carbocycles. The normalized spacial score (nSPS) is 33.2. The summed E-state index contributed by atoms with van der Waals surface area (Å²) in [6, 6.07) is 0.679. The van der Waals surface area contributed by atoms with Gasteiger partial charge in [-0.25, -0.2) is 0 Å². The lowest BCUT2D eigenvalue weighted by Crippen LogP contribution is -2.35. The van der Waals surface area contributed by atoms with Gasteiger partial charge in [0.1, 0.15) is 0 Å². The number of tetrazole rings is 1. The third-order valence-electron chi connectivity index (χ3n) is 4.14. The summed E-state index contributed by atoms with van der Waals surface area (Å²) in [6.07, 6.45) is 1.21. The molecule has 0 radical (unpaired) electrons.